The van der Waals surface area contributed by atoms with Crippen molar-refractivity contribution in [3.8, 4) is 0 Å². The summed E-state index contributed by atoms with van der Waals surface area (Å²) in [4.78, 5) is 13.9. The van der Waals surface area contributed by atoms with Crippen molar-refractivity contribution in [1.82, 2.24) is 20.4 Å². The molecule has 2 amide bonds. The van der Waals surface area contributed by atoms with E-state index in [9.17, 15) is 9.90 Å². The number of hydrogen-bond acceptors (Lipinski definition) is 3. The fourth-order valence-electron chi connectivity index (χ4n) is 3.98. The van der Waals surface area contributed by atoms with Crippen LogP contribution in [0.3, 0.4) is 0 Å². The molecule has 0 unspecified atom stereocenters. The first kappa shape index (κ1) is 19.0. The molecule has 3 rings (SSSR count). The van der Waals surface area contributed by atoms with E-state index in [0.717, 1.165) is 29.3 Å². The number of aliphatic hydroxyl groups excluding tert-OH is 1. The maximum Gasteiger partial charge on any atom is 0.317 e. The van der Waals surface area contributed by atoms with Crippen LogP contribution in [0.25, 0.3) is 10.9 Å². The predicted molar refractivity (Wildman–Crippen MR) is 103 cm³/mol. The fourth-order valence-corrected chi connectivity index (χ4v) is 4.21. The number of amides is 2. The van der Waals surface area contributed by atoms with Crippen LogP contribution >= 0.6 is 11.6 Å². The van der Waals surface area contributed by atoms with Gasteiger partial charge in [0.2, 0.25) is 0 Å². The molecular weight excluding hydrogens is 352 g/mol. The Balaban J connectivity index is 1.77. The zero-order chi connectivity index (χ0) is 18.9. The molecular formula is C19H27ClN4O2. The van der Waals surface area contributed by atoms with Crippen LogP contribution in [0.15, 0.2) is 18.3 Å². The van der Waals surface area contributed by atoms with Gasteiger partial charge in [0.05, 0.1) is 17.8 Å². The molecule has 7 heteroatoms. The zero-order valence-corrected chi connectivity index (χ0v) is 16.3. The smallest absolute Gasteiger partial charge is 0.317 e. The van der Waals surface area contributed by atoms with E-state index in [1.165, 1.54) is 0 Å². The minimum atomic E-state index is -0.676. The lowest BCUT2D eigenvalue weighted by molar-refractivity contribution is -0.0143. The average Bonchev–Trinajstić information content (AvgIpc) is 3.09. The topological polar surface area (TPSA) is 81.2 Å². The summed E-state index contributed by atoms with van der Waals surface area (Å²) in [6, 6.07) is 3.66. The van der Waals surface area contributed by atoms with Gasteiger partial charge in [0.15, 0.2) is 0 Å². The Bertz CT molecular complexity index is 781. The summed E-state index contributed by atoms with van der Waals surface area (Å²) < 4.78 is 0. The number of rotatable bonds is 4. The van der Waals surface area contributed by atoms with Crippen molar-refractivity contribution in [2.45, 2.75) is 39.7 Å². The van der Waals surface area contributed by atoms with Gasteiger partial charge in [0.1, 0.15) is 0 Å². The van der Waals surface area contributed by atoms with Gasteiger partial charge in [-0.3, -0.25) is 5.10 Å². The maximum atomic E-state index is 12.0. The minimum absolute atomic E-state index is 0.00156. The molecule has 3 N–H and O–H groups in total. The van der Waals surface area contributed by atoms with Crippen molar-refractivity contribution in [1.29, 1.82) is 0 Å². The maximum absolute atomic E-state index is 12.0. The first-order valence-electron chi connectivity index (χ1n) is 9.18. The Morgan fingerprint density at radius 2 is 2.15 bits per heavy atom. The highest BCUT2D eigenvalue weighted by molar-refractivity contribution is 6.31. The minimum Gasteiger partial charge on any atom is -0.388 e. The number of aromatic nitrogens is 2. The quantitative estimate of drug-likeness (QED) is 0.758. The molecule has 0 bridgehead atoms. The first-order valence-corrected chi connectivity index (χ1v) is 9.55. The number of H-pyrrole nitrogens is 1. The third-order valence-electron chi connectivity index (χ3n) is 5.71. The van der Waals surface area contributed by atoms with Crippen LogP contribution in [-0.2, 0) is 0 Å². The number of fused-ring (bicyclic) bond motifs is 1. The summed E-state index contributed by atoms with van der Waals surface area (Å²) in [7, 11) is 0. The van der Waals surface area contributed by atoms with E-state index in [4.69, 9.17) is 11.6 Å². The predicted octanol–water partition coefficient (Wildman–Crippen LogP) is 3.72. The van der Waals surface area contributed by atoms with Crippen molar-refractivity contribution < 1.29 is 9.90 Å². The normalized spacial score (nSPS) is 17.5. The Morgan fingerprint density at radius 1 is 1.46 bits per heavy atom. The number of benzene rings is 1. The molecule has 1 fully saturated rings. The number of piperidine rings is 1. The van der Waals surface area contributed by atoms with Crippen LogP contribution < -0.4 is 5.32 Å². The largest absolute Gasteiger partial charge is 0.388 e. The summed E-state index contributed by atoms with van der Waals surface area (Å²) >= 11 is 6.24. The standard InChI is InChI=1S/C19H27ClN4O2/c1-4-21-18(26)24-7-5-13(6-8-24)19(2,3)17(25)15-10-14(20)9-12-11-22-23-16(12)15/h9-11,13,17,25H,4-8H2,1-3H3,(H,21,26)(H,22,23)/t17-/m0/s1. The van der Waals surface area contributed by atoms with E-state index in [0.29, 0.717) is 30.6 Å². The number of nitrogens with zero attached hydrogens (tertiary/aromatic N) is 2. The Morgan fingerprint density at radius 3 is 2.81 bits per heavy atom. The number of halogens is 1. The van der Waals surface area contributed by atoms with Gasteiger partial charge in [-0.1, -0.05) is 25.4 Å². The molecule has 2 aromatic rings. The van der Waals surface area contributed by atoms with Crippen LogP contribution in [0.2, 0.25) is 5.02 Å². The molecule has 142 valence electrons. The SMILES string of the molecule is CCNC(=O)N1CCC(C(C)(C)[C@@H](O)c2cc(Cl)cc3cn[nH]c23)CC1. The van der Waals surface area contributed by atoms with E-state index in [1.54, 1.807) is 6.20 Å². The number of nitrogens with one attached hydrogen (secondary N) is 2. The summed E-state index contributed by atoms with van der Waals surface area (Å²) in [5.41, 5.74) is 1.26. The van der Waals surface area contributed by atoms with Crippen molar-refractivity contribution in [3.05, 3.63) is 28.9 Å². The third kappa shape index (κ3) is 3.53. The van der Waals surface area contributed by atoms with Crippen molar-refractivity contribution in [2.75, 3.05) is 19.6 Å². The Hall–Kier alpha value is -1.79. The molecule has 1 aromatic carbocycles. The molecule has 0 aliphatic carbocycles. The summed E-state index contributed by atoms with van der Waals surface area (Å²) in [5, 5.41) is 22.6. The van der Waals surface area contributed by atoms with Gasteiger partial charge < -0.3 is 15.3 Å². The molecule has 0 spiro atoms. The number of likely N-dealkylation sites (tertiary alicyclic amines) is 1. The van der Waals surface area contributed by atoms with Gasteiger partial charge in [-0.05, 0) is 43.2 Å². The van der Waals surface area contributed by atoms with Gasteiger partial charge in [0.25, 0.3) is 0 Å². The molecule has 1 atom stereocenters. The molecule has 0 saturated carbocycles. The Kier molecular flexibility index (Phi) is 5.44. The van der Waals surface area contributed by atoms with Gasteiger partial charge in [-0.2, -0.15) is 5.10 Å². The second-order valence-electron chi connectivity index (χ2n) is 7.65. The molecule has 26 heavy (non-hydrogen) atoms. The highest BCUT2D eigenvalue weighted by Crippen LogP contribution is 2.46. The van der Waals surface area contributed by atoms with Gasteiger partial charge in [-0.15, -0.1) is 0 Å². The highest BCUT2D eigenvalue weighted by atomic mass is 35.5. The van der Waals surface area contributed by atoms with Crippen molar-refractivity contribution in [3.63, 3.8) is 0 Å². The van der Waals surface area contributed by atoms with E-state index in [-0.39, 0.29) is 11.4 Å². The van der Waals surface area contributed by atoms with Crippen LogP contribution in [0.5, 0.6) is 0 Å². The van der Waals surface area contributed by atoms with Crippen LogP contribution in [-0.4, -0.2) is 45.9 Å². The molecule has 1 aromatic heterocycles. The van der Waals surface area contributed by atoms with Crippen molar-refractivity contribution in [2.24, 2.45) is 11.3 Å². The van der Waals surface area contributed by atoms with Crippen LogP contribution in [0.1, 0.15) is 45.3 Å². The zero-order valence-electron chi connectivity index (χ0n) is 15.6. The fraction of sp³-hybridized carbons (Fsp3) is 0.579. The van der Waals surface area contributed by atoms with Gasteiger partial charge in [-0.25, -0.2) is 4.79 Å². The van der Waals surface area contributed by atoms with E-state index >= 15 is 0 Å². The van der Waals surface area contributed by atoms with E-state index < -0.39 is 6.10 Å². The monoisotopic (exact) mass is 378 g/mol. The molecule has 0 radical (unpaired) electrons. The molecule has 1 aliphatic rings. The molecule has 1 aliphatic heterocycles. The lowest BCUT2D eigenvalue weighted by Gasteiger charge is -2.43. The molecule has 6 nitrogen and oxygen atoms in total. The number of hydrogen-bond donors (Lipinski definition) is 3. The van der Waals surface area contributed by atoms with Crippen molar-refractivity contribution >= 4 is 28.5 Å². The number of carbonyl (C=O) groups is 1. The summed E-state index contributed by atoms with van der Waals surface area (Å²) in [6.07, 6.45) is 2.78. The van der Waals surface area contributed by atoms with Crippen LogP contribution in [0, 0.1) is 11.3 Å². The highest BCUT2D eigenvalue weighted by Gasteiger charge is 2.40. The lowest BCUT2D eigenvalue weighted by atomic mass is 9.68. The number of carbonyl (C=O) groups excluding carboxylic acids is 1. The summed E-state index contributed by atoms with van der Waals surface area (Å²) in [6.45, 7) is 8.16. The number of aromatic amines is 1. The number of aliphatic hydroxyl groups is 1. The first-order chi connectivity index (χ1) is 12.3. The van der Waals surface area contributed by atoms with E-state index in [2.05, 4.69) is 29.4 Å². The number of urea groups is 1. The Labute approximate surface area is 158 Å². The van der Waals surface area contributed by atoms with Gasteiger partial charge in [0, 0.05) is 35.6 Å². The van der Waals surface area contributed by atoms with Gasteiger partial charge >= 0.3 is 6.03 Å². The van der Waals surface area contributed by atoms with E-state index in [1.807, 2.05) is 24.0 Å². The molecule has 2 heterocycles. The third-order valence-corrected chi connectivity index (χ3v) is 5.92. The summed E-state index contributed by atoms with van der Waals surface area (Å²) in [5.74, 6) is 0.306. The average molecular weight is 379 g/mol. The second-order valence-corrected chi connectivity index (χ2v) is 8.09. The second kappa shape index (κ2) is 7.45. The molecule has 1 saturated heterocycles. The van der Waals surface area contributed by atoms with Crippen LogP contribution in [0.4, 0.5) is 4.79 Å². The lowest BCUT2D eigenvalue weighted by Crippen LogP contribution is -2.47.